The van der Waals surface area contributed by atoms with E-state index in [9.17, 15) is 10.0 Å². The molecule has 0 spiro atoms. The van der Waals surface area contributed by atoms with E-state index in [4.69, 9.17) is 0 Å². The highest BCUT2D eigenvalue weighted by molar-refractivity contribution is 6.00. The van der Waals surface area contributed by atoms with Crippen molar-refractivity contribution in [1.29, 1.82) is 0 Å². The third kappa shape index (κ3) is 1.13. The molecule has 0 aliphatic heterocycles. The topological polar surface area (TPSA) is 56.9 Å². The second-order valence-electron chi connectivity index (χ2n) is 3.66. The summed E-state index contributed by atoms with van der Waals surface area (Å²) in [5.41, 5.74) is 1.66. The molecule has 16 heavy (non-hydrogen) atoms. The standard InChI is InChI=1S/C12H8N2O2/c15-11-7-3-6-10-12(11)13-8-4-1-2-5-9(8)14(10)16/h1-6H,7H2. The zero-order valence-electron chi connectivity index (χ0n) is 8.38. The number of aromatic nitrogens is 2. The van der Waals surface area contributed by atoms with Crippen molar-refractivity contribution in [2.45, 2.75) is 6.42 Å². The van der Waals surface area contributed by atoms with E-state index in [1.165, 1.54) is 0 Å². The van der Waals surface area contributed by atoms with Crippen molar-refractivity contribution < 1.29 is 9.52 Å². The van der Waals surface area contributed by atoms with Crippen LogP contribution in [0.2, 0.25) is 0 Å². The van der Waals surface area contributed by atoms with E-state index in [-0.39, 0.29) is 11.5 Å². The SMILES string of the molecule is O=C1CC=Cc2c1nc1ccccc1[n+]2[O-]. The molecule has 0 bridgehead atoms. The lowest BCUT2D eigenvalue weighted by atomic mass is 10.1. The number of rotatable bonds is 0. The minimum absolute atomic E-state index is 0.104. The summed E-state index contributed by atoms with van der Waals surface area (Å²) in [5, 5.41) is 12.0. The van der Waals surface area contributed by atoms with Gasteiger partial charge in [0.25, 0.3) is 0 Å². The molecule has 4 nitrogen and oxygen atoms in total. The zero-order valence-corrected chi connectivity index (χ0v) is 8.38. The van der Waals surface area contributed by atoms with E-state index in [0.29, 0.717) is 23.1 Å². The second-order valence-corrected chi connectivity index (χ2v) is 3.66. The van der Waals surface area contributed by atoms with E-state index in [1.807, 2.05) is 0 Å². The Morgan fingerprint density at radius 3 is 3.00 bits per heavy atom. The average Bonchev–Trinajstić information content (AvgIpc) is 2.31. The van der Waals surface area contributed by atoms with Gasteiger partial charge in [0.2, 0.25) is 11.2 Å². The number of hydrogen-bond donors (Lipinski definition) is 0. The molecule has 1 aliphatic rings. The number of fused-ring (bicyclic) bond motifs is 2. The Balaban J connectivity index is 2.46. The molecule has 78 valence electrons. The Kier molecular flexibility index (Phi) is 1.77. The summed E-state index contributed by atoms with van der Waals surface area (Å²) in [6.45, 7) is 0. The van der Waals surface area contributed by atoms with Crippen LogP contribution in [0, 0.1) is 5.21 Å². The third-order valence-corrected chi connectivity index (χ3v) is 2.64. The number of hydrogen-bond acceptors (Lipinski definition) is 3. The van der Waals surface area contributed by atoms with Gasteiger partial charge in [0.05, 0.1) is 0 Å². The van der Waals surface area contributed by atoms with Gasteiger partial charge in [-0.25, -0.2) is 4.98 Å². The molecule has 1 aromatic heterocycles. The highest BCUT2D eigenvalue weighted by atomic mass is 16.5. The number of para-hydroxylation sites is 2. The summed E-state index contributed by atoms with van der Waals surface area (Å²) in [5.74, 6) is -0.104. The fourth-order valence-electron chi connectivity index (χ4n) is 1.86. The van der Waals surface area contributed by atoms with Gasteiger partial charge in [0, 0.05) is 18.6 Å². The Hall–Kier alpha value is -2.23. The average molecular weight is 212 g/mol. The summed E-state index contributed by atoms with van der Waals surface area (Å²) < 4.78 is 0.769. The third-order valence-electron chi connectivity index (χ3n) is 2.64. The first-order valence-corrected chi connectivity index (χ1v) is 4.99. The second kappa shape index (κ2) is 3.13. The van der Waals surface area contributed by atoms with E-state index >= 15 is 0 Å². The molecule has 0 atom stereocenters. The summed E-state index contributed by atoms with van der Waals surface area (Å²) in [6, 6.07) is 7.00. The zero-order chi connectivity index (χ0) is 11.1. The van der Waals surface area contributed by atoms with E-state index in [0.717, 1.165) is 4.73 Å². The Morgan fingerprint density at radius 1 is 1.31 bits per heavy atom. The molecular formula is C12H8N2O2. The molecular weight excluding hydrogens is 204 g/mol. The lowest BCUT2D eigenvalue weighted by molar-refractivity contribution is -0.579. The van der Waals surface area contributed by atoms with Crippen molar-refractivity contribution in [3.8, 4) is 0 Å². The Bertz CT molecular complexity index is 632. The van der Waals surface area contributed by atoms with Crippen LogP contribution in [-0.4, -0.2) is 10.8 Å². The molecule has 0 saturated heterocycles. The van der Waals surface area contributed by atoms with Crippen molar-refractivity contribution in [1.82, 2.24) is 4.98 Å². The first kappa shape index (κ1) is 9.03. The minimum atomic E-state index is -0.104. The van der Waals surface area contributed by atoms with Crippen molar-refractivity contribution in [3.05, 3.63) is 46.9 Å². The van der Waals surface area contributed by atoms with Crippen LogP contribution in [0.15, 0.2) is 30.3 Å². The maximum Gasteiger partial charge on any atom is 0.246 e. The highest BCUT2D eigenvalue weighted by Crippen LogP contribution is 2.17. The number of benzene rings is 1. The van der Waals surface area contributed by atoms with E-state index in [2.05, 4.69) is 4.98 Å². The maximum atomic E-state index is 12.0. The summed E-state index contributed by atoms with van der Waals surface area (Å²) in [7, 11) is 0. The van der Waals surface area contributed by atoms with Gasteiger partial charge in [0.15, 0.2) is 11.5 Å². The lowest BCUT2D eigenvalue weighted by Gasteiger charge is -2.10. The normalized spacial score (nSPS) is 14.1. The van der Waals surface area contributed by atoms with Crippen molar-refractivity contribution >= 4 is 22.9 Å². The number of carbonyl (C=O) groups excluding carboxylic acids is 1. The number of Topliss-reactive ketones (excluding diaryl/α,β-unsaturated/α-hetero) is 1. The van der Waals surface area contributed by atoms with Crippen molar-refractivity contribution in [3.63, 3.8) is 0 Å². The molecule has 1 aromatic carbocycles. The quantitative estimate of drug-likeness (QED) is 0.490. The molecule has 3 rings (SSSR count). The van der Waals surface area contributed by atoms with Gasteiger partial charge in [0.1, 0.15) is 5.52 Å². The number of allylic oxidation sites excluding steroid dienone is 1. The fourth-order valence-corrected chi connectivity index (χ4v) is 1.86. The fraction of sp³-hybridized carbons (Fsp3) is 0.0833. The Labute approximate surface area is 91.4 Å². The highest BCUT2D eigenvalue weighted by Gasteiger charge is 2.24. The van der Waals surface area contributed by atoms with Crippen LogP contribution in [-0.2, 0) is 0 Å². The number of nitrogens with zero attached hydrogens (tertiary/aromatic N) is 2. The minimum Gasteiger partial charge on any atom is -0.618 e. The first-order chi connectivity index (χ1) is 7.77. The van der Waals surface area contributed by atoms with Crippen LogP contribution < -0.4 is 4.73 Å². The van der Waals surface area contributed by atoms with E-state index < -0.39 is 0 Å². The first-order valence-electron chi connectivity index (χ1n) is 4.99. The van der Waals surface area contributed by atoms with E-state index in [1.54, 1.807) is 36.4 Å². The largest absolute Gasteiger partial charge is 0.618 e. The van der Waals surface area contributed by atoms with Gasteiger partial charge in [-0.05, 0) is 6.07 Å². The molecule has 0 N–H and O–H groups in total. The number of ketones is 1. The van der Waals surface area contributed by atoms with Crippen LogP contribution >= 0.6 is 0 Å². The van der Waals surface area contributed by atoms with Gasteiger partial charge >= 0.3 is 0 Å². The van der Waals surface area contributed by atoms with Crippen LogP contribution in [0.5, 0.6) is 0 Å². The summed E-state index contributed by atoms with van der Waals surface area (Å²) in [4.78, 5) is 15.9. The van der Waals surface area contributed by atoms with Crippen molar-refractivity contribution in [2.75, 3.05) is 0 Å². The summed E-state index contributed by atoms with van der Waals surface area (Å²) in [6.07, 6.45) is 3.66. The Morgan fingerprint density at radius 2 is 2.12 bits per heavy atom. The van der Waals surface area contributed by atoms with Gasteiger partial charge in [-0.1, -0.05) is 18.2 Å². The smallest absolute Gasteiger partial charge is 0.246 e. The van der Waals surface area contributed by atoms with Gasteiger partial charge in [-0.2, -0.15) is 4.73 Å². The van der Waals surface area contributed by atoms with Gasteiger partial charge < -0.3 is 5.21 Å². The molecule has 1 heterocycles. The summed E-state index contributed by atoms with van der Waals surface area (Å²) >= 11 is 0. The molecule has 0 amide bonds. The maximum absolute atomic E-state index is 12.0. The lowest BCUT2D eigenvalue weighted by Crippen LogP contribution is -2.35. The molecule has 4 heteroatoms. The van der Waals surface area contributed by atoms with Crippen LogP contribution in [0.3, 0.4) is 0 Å². The van der Waals surface area contributed by atoms with Crippen molar-refractivity contribution in [2.24, 2.45) is 0 Å². The molecule has 0 radical (unpaired) electrons. The molecule has 0 saturated carbocycles. The predicted octanol–water partition coefficient (Wildman–Crippen LogP) is 1.47. The van der Waals surface area contributed by atoms with Crippen LogP contribution in [0.25, 0.3) is 17.1 Å². The predicted molar refractivity (Wildman–Crippen MR) is 58.7 cm³/mol. The molecule has 2 aromatic rings. The van der Waals surface area contributed by atoms with Crippen LogP contribution in [0.1, 0.15) is 22.6 Å². The molecule has 0 fully saturated rings. The molecule has 1 aliphatic carbocycles. The van der Waals surface area contributed by atoms with Crippen LogP contribution in [0.4, 0.5) is 0 Å². The van der Waals surface area contributed by atoms with Gasteiger partial charge in [-0.15, -0.1) is 0 Å². The number of carbonyl (C=O) groups is 1. The molecule has 0 unspecified atom stereocenters. The monoisotopic (exact) mass is 212 g/mol. The van der Waals surface area contributed by atoms with Gasteiger partial charge in [-0.3, -0.25) is 4.79 Å².